The summed E-state index contributed by atoms with van der Waals surface area (Å²) in [5.74, 6) is 1.85. The average Bonchev–Trinajstić information content (AvgIpc) is 3.82. The fraction of sp³-hybridized carbons (Fsp3) is 0.104. The Hall–Kier alpha value is -8.20. The Labute approximate surface area is 405 Å². The number of ether oxygens (including phenoxy) is 1. The first-order chi connectivity index (χ1) is 33.7. The second-order valence-corrected chi connectivity index (χ2v) is 20.0. The maximum Gasteiger partial charge on any atom is 0.132 e. The molecule has 0 saturated carbocycles. The maximum atomic E-state index is 6.54. The Morgan fingerprint density at radius 3 is 1.33 bits per heavy atom. The molecule has 0 aromatic heterocycles. The van der Waals surface area contributed by atoms with Gasteiger partial charge in [0.25, 0.3) is 0 Å². The van der Waals surface area contributed by atoms with E-state index in [4.69, 9.17) is 4.74 Å². The number of nitrogens with zero attached hydrogens (tertiary/aromatic N) is 1. The van der Waals surface area contributed by atoms with Gasteiger partial charge in [-0.25, -0.2) is 0 Å². The lowest BCUT2D eigenvalue weighted by molar-refractivity contribution is 0.418. The normalized spacial score (nSPS) is 14.8. The molecule has 13 rings (SSSR count). The molecule has 0 fully saturated rings. The number of hydrogen-bond donors (Lipinski definition) is 0. The van der Waals surface area contributed by atoms with Crippen LogP contribution < -0.4 is 9.64 Å². The van der Waals surface area contributed by atoms with Gasteiger partial charge in [-0.2, -0.15) is 0 Å². The largest absolute Gasteiger partial charge is 0.457 e. The molecular formula is C67H51NO. The highest BCUT2D eigenvalue weighted by molar-refractivity contribution is 5.88. The van der Waals surface area contributed by atoms with Crippen molar-refractivity contribution in [2.45, 2.75) is 43.9 Å². The second kappa shape index (κ2) is 15.4. The highest BCUT2D eigenvalue weighted by Gasteiger charge is 2.46. The standard InChI is InChI=1S/C67H51NO/c1-65(2)57-21-11-8-18-53(57)56-40-39-52(43-62(56)65)68(51-37-30-46(31-38-51)47-32-41-61-64(42-47)69-63-25-15-14-24-60(63)66(61,3)4)50-35-28-45(29-36-50)44-26-33-49(34-27-44)67(48-16-6-5-7-17-48)58-22-12-9-19-54(58)55-20-10-13-23-59(55)67/h5-43H,1-4H3. The number of benzene rings is 10. The quantitative estimate of drug-likeness (QED) is 0.158. The summed E-state index contributed by atoms with van der Waals surface area (Å²) in [6, 6.07) is 87.3. The molecular weight excluding hydrogens is 835 g/mol. The Morgan fingerprint density at radius 1 is 0.290 bits per heavy atom. The van der Waals surface area contributed by atoms with Crippen molar-refractivity contribution in [2.75, 3.05) is 4.90 Å². The van der Waals surface area contributed by atoms with E-state index < -0.39 is 5.41 Å². The van der Waals surface area contributed by atoms with Crippen LogP contribution in [-0.4, -0.2) is 0 Å². The zero-order valence-corrected chi connectivity index (χ0v) is 39.4. The van der Waals surface area contributed by atoms with Crippen LogP contribution in [0, 0.1) is 0 Å². The van der Waals surface area contributed by atoms with Gasteiger partial charge in [-0.3, -0.25) is 0 Å². The van der Waals surface area contributed by atoms with E-state index in [0.29, 0.717) is 0 Å². The van der Waals surface area contributed by atoms with Gasteiger partial charge in [0.05, 0.1) is 5.41 Å². The van der Waals surface area contributed by atoms with Crippen LogP contribution in [0.3, 0.4) is 0 Å². The Kier molecular flexibility index (Phi) is 9.17. The molecule has 1 heterocycles. The molecule has 2 aliphatic carbocycles. The SMILES string of the molecule is CC1(C)c2ccccc2Oc2cc(-c3ccc(N(c4ccc(-c5ccc(C6(c7ccccc7)c7ccccc7-c7ccccc76)cc5)cc4)c4ccc5c(c4)C(C)(C)c4ccccc4-5)cc3)ccc21. The zero-order chi connectivity index (χ0) is 46.5. The van der Waals surface area contributed by atoms with E-state index in [2.05, 4.69) is 269 Å². The molecule has 330 valence electrons. The predicted octanol–water partition coefficient (Wildman–Crippen LogP) is 17.6. The summed E-state index contributed by atoms with van der Waals surface area (Å²) in [6.45, 7) is 9.28. The molecule has 0 N–H and O–H groups in total. The van der Waals surface area contributed by atoms with Crippen LogP contribution in [0.25, 0.3) is 44.5 Å². The van der Waals surface area contributed by atoms with Crippen LogP contribution >= 0.6 is 0 Å². The van der Waals surface area contributed by atoms with Gasteiger partial charge in [0.1, 0.15) is 11.5 Å². The zero-order valence-electron chi connectivity index (χ0n) is 39.4. The second-order valence-electron chi connectivity index (χ2n) is 20.0. The predicted molar refractivity (Wildman–Crippen MR) is 286 cm³/mol. The van der Waals surface area contributed by atoms with Crippen LogP contribution in [0.2, 0.25) is 0 Å². The summed E-state index contributed by atoms with van der Waals surface area (Å²) in [6.07, 6.45) is 0. The van der Waals surface area contributed by atoms with Gasteiger partial charge in [-0.05, 0) is 126 Å². The van der Waals surface area contributed by atoms with Gasteiger partial charge in [-0.15, -0.1) is 0 Å². The van der Waals surface area contributed by atoms with Gasteiger partial charge in [0, 0.05) is 39.0 Å². The summed E-state index contributed by atoms with van der Waals surface area (Å²) < 4.78 is 6.54. The molecule has 0 bridgehead atoms. The number of fused-ring (bicyclic) bond motifs is 8. The number of para-hydroxylation sites is 1. The molecule has 0 amide bonds. The van der Waals surface area contributed by atoms with Gasteiger partial charge >= 0.3 is 0 Å². The Bertz CT molecular complexity index is 3570. The van der Waals surface area contributed by atoms with Gasteiger partial charge in [-0.1, -0.05) is 216 Å². The molecule has 3 aliphatic rings. The first-order valence-corrected chi connectivity index (χ1v) is 24.2. The minimum atomic E-state index is -0.421. The van der Waals surface area contributed by atoms with Crippen molar-refractivity contribution in [3.63, 3.8) is 0 Å². The molecule has 2 heteroatoms. The third kappa shape index (κ3) is 6.18. The van der Waals surface area contributed by atoms with Crippen molar-refractivity contribution >= 4 is 17.1 Å². The van der Waals surface area contributed by atoms with Crippen LogP contribution in [-0.2, 0) is 16.2 Å². The van der Waals surface area contributed by atoms with E-state index in [0.717, 1.165) is 39.7 Å². The van der Waals surface area contributed by atoms with Crippen LogP contribution in [0.15, 0.2) is 237 Å². The number of rotatable bonds is 7. The third-order valence-corrected chi connectivity index (χ3v) is 15.7. The number of hydrogen-bond acceptors (Lipinski definition) is 2. The molecule has 0 spiro atoms. The fourth-order valence-corrected chi connectivity index (χ4v) is 12.1. The van der Waals surface area contributed by atoms with Crippen molar-refractivity contribution in [2.24, 2.45) is 0 Å². The highest BCUT2D eigenvalue weighted by Crippen LogP contribution is 2.57. The average molecular weight is 886 g/mol. The van der Waals surface area contributed by atoms with Crippen LogP contribution in [0.5, 0.6) is 11.5 Å². The molecule has 10 aromatic rings. The first kappa shape index (κ1) is 41.0. The molecule has 0 atom stereocenters. The van der Waals surface area contributed by atoms with Gasteiger partial charge in [0.2, 0.25) is 0 Å². The Balaban J connectivity index is 0.872. The maximum absolute atomic E-state index is 6.54. The van der Waals surface area contributed by atoms with E-state index in [1.165, 1.54) is 77.9 Å². The summed E-state index contributed by atoms with van der Waals surface area (Å²) in [4.78, 5) is 2.41. The molecule has 0 radical (unpaired) electrons. The molecule has 0 saturated heterocycles. The Morgan fingerprint density at radius 2 is 0.710 bits per heavy atom. The first-order valence-electron chi connectivity index (χ1n) is 24.2. The smallest absolute Gasteiger partial charge is 0.132 e. The minimum absolute atomic E-state index is 0.126. The summed E-state index contributed by atoms with van der Waals surface area (Å²) >= 11 is 0. The van der Waals surface area contributed by atoms with Crippen molar-refractivity contribution in [1.29, 1.82) is 0 Å². The van der Waals surface area contributed by atoms with E-state index in [1.54, 1.807) is 0 Å². The summed E-state index contributed by atoms with van der Waals surface area (Å²) in [5.41, 5.74) is 22.8. The highest BCUT2D eigenvalue weighted by atomic mass is 16.5. The minimum Gasteiger partial charge on any atom is -0.457 e. The summed E-state index contributed by atoms with van der Waals surface area (Å²) in [7, 11) is 0. The van der Waals surface area contributed by atoms with Crippen molar-refractivity contribution < 1.29 is 4.74 Å². The number of anilines is 3. The third-order valence-electron chi connectivity index (χ3n) is 15.7. The van der Waals surface area contributed by atoms with E-state index in [-0.39, 0.29) is 10.8 Å². The van der Waals surface area contributed by atoms with Crippen molar-refractivity contribution in [1.82, 2.24) is 0 Å². The van der Waals surface area contributed by atoms with Crippen LogP contribution in [0.4, 0.5) is 17.1 Å². The molecule has 10 aromatic carbocycles. The molecule has 1 aliphatic heterocycles. The van der Waals surface area contributed by atoms with E-state index in [1.807, 2.05) is 0 Å². The summed E-state index contributed by atoms with van der Waals surface area (Å²) in [5, 5.41) is 0. The molecule has 2 nitrogen and oxygen atoms in total. The fourth-order valence-electron chi connectivity index (χ4n) is 12.1. The lowest BCUT2D eigenvalue weighted by atomic mass is 9.67. The van der Waals surface area contributed by atoms with Gasteiger partial charge < -0.3 is 9.64 Å². The van der Waals surface area contributed by atoms with Crippen LogP contribution in [0.1, 0.15) is 72.2 Å². The van der Waals surface area contributed by atoms with E-state index in [9.17, 15) is 0 Å². The van der Waals surface area contributed by atoms with Gasteiger partial charge in [0.15, 0.2) is 0 Å². The molecule has 0 unspecified atom stereocenters. The van der Waals surface area contributed by atoms with E-state index >= 15 is 0 Å². The van der Waals surface area contributed by atoms with Crippen molar-refractivity contribution in [3.8, 4) is 56.0 Å². The lowest BCUT2D eigenvalue weighted by Crippen LogP contribution is -2.28. The van der Waals surface area contributed by atoms with Crippen molar-refractivity contribution in [3.05, 3.63) is 281 Å². The monoisotopic (exact) mass is 885 g/mol. The lowest BCUT2D eigenvalue weighted by Gasteiger charge is -2.34. The topological polar surface area (TPSA) is 12.5 Å². The molecule has 69 heavy (non-hydrogen) atoms.